The first kappa shape index (κ1) is 37.2. The lowest BCUT2D eigenvalue weighted by Gasteiger charge is -2.41. The van der Waals surface area contributed by atoms with Crippen LogP contribution in [0.1, 0.15) is 78.9 Å². The lowest BCUT2D eigenvalue weighted by atomic mass is 9.91. The van der Waals surface area contributed by atoms with E-state index >= 15 is 4.39 Å². The summed E-state index contributed by atoms with van der Waals surface area (Å²) in [5.74, 6) is -1.29. The number of carbonyl (C=O) groups is 2. The van der Waals surface area contributed by atoms with Crippen LogP contribution >= 0.6 is 0 Å². The number of carbonyl (C=O) groups excluding carboxylic acids is 2. The predicted octanol–water partition coefficient (Wildman–Crippen LogP) is 8.00. The molecule has 3 fully saturated rings. The molecule has 0 radical (unpaired) electrons. The van der Waals surface area contributed by atoms with Crippen LogP contribution in [0.4, 0.5) is 19.4 Å². The van der Waals surface area contributed by atoms with E-state index in [2.05, 4.69) is 10.2 Å². The molecule has 1 amide bonds. The van der Waals surface area contributed by atoms with Crippen molar-refractivity contribution in [2.24, 2.45) is 0 Å². The number of amides is 1. The smallest absolute Gasteiger partial charge is 0.407 e. The highest BCUT2D eigenvalue weighted by molar-refractivity contribution is 6.03. The molecular formula is C44H46F2N6O5. The first-order valence-corrected chi connectivity index (χ1v) is 20.0. The molecule has 3 aromatic carbocycles. The van der Waals surface area contributed by atoms with Crippen molar-refractivity contribution in [1.82, 2.24) is 25.2 Å². The molecular weight excluding hydrogens is 731 g/mol. The molecule has 2 aromatic heterocycles. The summed E-state index contributed by atoms with van der Waals surface area (Å²) < 4.78 is 50.3. The Labute approximate surface area is 329 Å². The predicted molar refractivity (Wildman–Crippen MR) is 212 cm³/mol. The lowest BCUT2D eigenvalue weighted by Crippen LogP contribution is -2.57. The van der Waals surface area contributed by atoms with Crippen LogP contribution in [0.5, 0.6) is 11.8 Å². The summed E-state index contributed by atoms with van der Waals surface area (Å²) >= 11 is 0. The van der Waals surface area contributed by atoms with Gasteiger partial charge in [0.1, 0.15) is 35.2 Å². The van der Waals surface area contributed by atoms with Gasteiger partial charge in [-0.3, -0.25) is 9.88 Å². The number of aryl methyl sites for hydroxylation is 2. The molecule has 0 saturated carbocycles. The van der Waals surface area contributed by atoms with Crippen LogP contribution in [0.25, 0.3) is 32.9 Å². The second-order valence-corrected chi connectivity index (χ2v) is 16.4. The lowest BCUT2D eigenvalue weighted by molar-refractivity contribution is 0.0732. The Morgan fingerprint density at radius 1 is 1.00 bits per heavy atom. The van der Waals surface area contributed by atoms with Gasteiger partial charge in [0.15, 0.2) is 5.82 Å². The Balaban J connectivity index is 1.21. The molecule has 13 heteroatoms. The molecule has 5 aliphatic heterocycles. The first-order valence-electron chi connectivity index (χ1n) is 20.0. The van der Waals surface area contributed by atoms with Crippen molar-refractivity contribution in [2.45, 2.75) is 83.2 Å². The highest BCUT2D eigenvalue weighted by atomic mass is 19.1. The van der Waals surface area contributed by atoms with Crippen molar-refractivity contribution in [3.05, 3.63) is 82.5 Å². The zero-order valence-corrected chi connectivity index (χ0v) is 32.6. The number of benzene rings is 3. The fourth-order valence-electron chi connectivity index (χ4n) is 9.63. The number of halogens is 2. The Morgan fingerprint density at radius 3 is 2.63 bits per heavy atom. The van der Waals surface area contributed by atoms with Gasteiger partial charge >= 0.3 is 18.1 Å². The highest BCUT2D eigenvalue weighted by Gasteiger charge is 2.45. The number of nitrogens with one attached hydrogen (secondary N) is 1. The number of aromatic nitrogens is 3. The molecule has 7 heterocycles. The van der Waals surface area contributed by atoms with Crippen LogP contribution in [-0.2, 0) is 11.2 Å². The standard InChI is InChI=1S/C44H46F2N6O5/c1-26-12-13-33(45)27(2)34(26)40(53)57-30-21-29-10-4-9-28-11-5-20-55-42(54)50-43(3)14-6-17-51(24-43)39-32-23-47-37(31(22-30)35(28)29)36(46)38(32)48-41(49-39)56-25-44-15-7-18-52(44)19-8-16-44/h4,9-10,12-13,21-23H,5-8,11,14-20,24-25H2,1-3H3,(H,50,54). The van der Waals surface area contributed by atoms with E-state index in [1.165, 1.54) is 19.1 Å². The van der Waals surface area contributed by atoms with Crippen LogP contribution < -0.4 is 19.7 Å². The minimum atomic E-state index is -0.728. The van der Waals surface area contributed by atoms with Crippen molar-refractivity contribution in [3.8, 4) is 23.0 Å². The van der Waals surface area contributed by atoms with Gasteiger partial charge in [-0.2, -0.15) is 9.97 Å². The Hall–Kier alpha value is -5.43. The molecule has 1 unspecified atom stereocenters. The molecule has 5 aliphatic rings. The third-order valence-electron chi connectivity index (χ3n) is 12.5. The third kappa shape index (κ3) is 6.79. The van der Waals surface area contributed by atoms with E-state index in [1.54, 1.807) is 25.3 Å². The number of piperidine rings is 1. The van der Waals surface area contributed by atoms with E-state index in [4.69, 9.17) is 29.2 Å². The number of rotatable bonds is 5. The first-order chi connectivity index (χ1) is 27.5. The number of hydrogen-bond donors (Lipinski definition) is 1. The van der Waals surface area contributed by atoms with E-state index < -0.39 is 29.2 Å². The number of nitrogens with zero attached hydrogens (tertiary/aromatic N) is 5. The molecule has 6 bridgehead atoms. The monoisotopic (exact) mass is 776 g/mol. The van der Waals surface area contributed by atoms with Crippen molar-refractivity contribution in [2.75, 3.05) is 44.3 Å². The van der Waals surface area contributed by atoms with Gasteiger partial charge in [-0.05, 0) is 131 Å². The van der Waals surface area contributed by atoms with Crippen molar-refractivity contribution in [1.29, 1.82) is 0 Å². The molecule has 0 spiro atoms. The maximum absolute atomic E-state index is 17.6. The van der Waals surface area contributed by atoms with Crippen LogP contribution in [0.3, 0.4) is 0 Å². The van der Waals surface area contributed by atoms with Gasteiger partial charge in [0, 0.05) is 24.8 Å². The van der Waals surface area contributed by atoms with Crippen LogP contribution in [0, 0.1) is 25.5 Å². The van der Waals surface area contributed by atoms with E-state index in [0.717, 1.165) is 57.2 Å². The summed E-state index contributed by atoms with van der Waals surface area (Å²) in [6.07, 6.45) is 7.83. The van der Waals surface area contributed by atoms with Crippen molar-refractivity contribution in [3.63, 3.8) is 0 Å². The maximum atomic E-state index is 17.6. The Kier molecular flexibility index (Phi) is 9.45. The number of anilines is 1. The van der Waals surface area contributed by atoms with Crippen LogP contribution in [0.2, 0.25) is 0 Å². The zero-order valence-electron chi connectivity index (χ0n) is 32.6. The minimum Gasteiger partial charge on any atom is -0.461 e. The van der Waals surface area contributed by atoms with Crippen molar-refractivity contribution >= 4 is 39.6 Å². The van der Waals surface area contributed by atoms with Gasteiger partial charge in [-0.1, -0.05) is 24.3 Å². The zero-order chi connectivity index (χ0) is 39.5. The van der Waals surface area contributed by atoms with E-state index in [1.807, 2.05) is 30.0 Å². The van der Waals surface area contributed by atoms with Gasteiger partial charge in [-0.25, -0.2) is 18.4 Å². The summed E-state index contributed by atoms with van der Waals surface area (Å²) in [6, 6.07) is 11.9. The topological polar surface area (TPSA) is 119 Å². The average molecular weight is 777 g/mol. The molecule has 5 aromatic rings. The minimum absolute atomic E-state index is 0.0174. The summed E-state index contributed by atoms with van der Waals surface area (Å²) in [4.78, 5) is 45.8. The Morgan fingerprint density at radius 2 is 1.81 bits per heavy atom. The normalized spacial score (nSPS) is 20.7. The second kappa shape index (κ2) is 14.5. The molecule has 0 aliphatic carbocycles. The largest absolute Gasteiger partial charge is 0.461 e. The quantitative estimate of drug-likeness (QED) is 0.139. The van der Waals surface area contributed by atoms with Crippen LogP contribution in [-0.4, -0.2) is 82.4 Å². The van der Waals surface area contributed by atoms with Crippen molar-refractivity contribution < 1.29 is 32.6 Å². The molecule has 10 rings (SSSR count). The van der Waals surface area contributed by atoms with E-state index in [0.29, 0.717) is 65.6 Å². The molecule has 1 atom stereocenters. The van der Waals surface area contributed by atoms with Gasteiger partial charge in [-0.15, -0.1) is 0 Å². The maximum Gasteiger partial charge on any atom is 0.407 e. The number of fused-ring (bicyclic) bond motifs is 7. The van der Waals surface area contributed by atoms with Gasteiger partial charge < -0.3 is 24.4 Å². The molecule has 296 valence electrons. The summed E-state index contributed by atoms with van der Waals surface area (Å²) in [5.41, 5.74) is 1.48. The fourth-order valence-corrected chi connectivity index (χ4v) is 9.63. The van der Waals surface area contributed by atoms with E-state index in [-0.39, 0.29) is 46.2 Å². The van der Waals surface area contributed by atoms with Gasteiger partial charge in [0.05, 0.1) is 28.6 Å². The third-order valence-corrected chi connectivity index (χ3v) is 12.5. The average Bonchev–Trinajstić information content (AvgIpc) is 3.77. The molecule has 11 nitrogen and oxygen atoms in total. The molecule has 3 saturated heterocycles. The number of alkyl carbamates (subject to hydrolysis) is 1. The van der Waals surface area contributed by atoms with Gasteiger partial charge in [0.25, 0.3) is 0 Å². The number of ether oxygens (including phenoxy) is 3. The summed E-state index contributed by atoms with van der Waals surface area (Å²) in [6.45, 7) is 8.89. The van der Waals surface area contributed by atoms with Gasteiger partial charge in [0.2, 0.25) is 0 Å². The molecule has 1 N–H and O–H groups in total. The number of esters is 1. The number of hydrogen-bond acceptors (Lipinski definition) is 10. The SMILES string of the molecule is Cc1ccc(F)c(C)c1C(=O)Oc1cc2c3c(cccc3c1)CCCOC(=O)NC1(C)CCCN(C1)c1nc(OCC34CCCN3CCC4)nc3c(F)c-2ncc13. The van der Waals surface area contributed by atoms with Crippen LogP contribution in [0.15, 0.2) is 48.7 Å². The highest BCUT2D eigenvalue weighted by Crippen LogP contribution is 2.42. The number of pyridine rings is 1. The Bertz CT molecular complexity index is 2430. The second-order valence-electron chi connectivity index (χ2n) is 16.4. The summed E-state index contributed by atoms with van der Waals surface area (Å²) in [7, 11) is 0. The molecule has 57 heavy (non-hydrogen) atoms. The fraction of sp³-hybridized carbons (Fsp3) is 0.432. The van der Waals surface area contributed by atoms with E-state index in [9.17, 15) is 14.0 Å². The summed E-state index contributed by atoms with van der Waals surface area (Å²) in [5, 5.41) is 4.89.